The molecule has 20 heavy (non-hydrogen) atoms. The van der Waals surface area contributed by atoms with Gasteiger partial charge in [0.25, 0.3) is 0 Å². The zero-order valence-corrected chi connectivity index (χ0v) is 11.8. The fraction of sp³-hybridized carbons (Fsp3) is 0.294. The average molecular weight is 275 g/mol. The molecule has 0 radical (unpaired) electrons. The highest BCUT2D eigenvalue weighted by molar-refractivity contribution is 5.25. The van der Waals surface area contributed by atoms with Gasteiger partial charge in [0.2, 0.25) is 0 Å². The van der Waals surface area contributed by atoms with Crippen LogP contribution in [0.3, 0.4) is 0 Å². The van der Waals surface area contributed by atoms with Crippen molar-refractivity contribution >= 4 is 0 Å². The smallest absolute Gasteiger partial charge is 0.127 e. The number of rotatable bonds is 5. The second-order valence-electron chi connectivity index (χ2n) is 5.24. The fourth-order valence-corrected chi connectivity index (χ4v) is 2.04. The minimum atomic E-state index is -0.413. The van der Waals surface area contributed by atoms with Crippen LogP contribution in [-0.2, 0) is 13.1 Å². The van der Waals surface area contributed by atoms with Crippen molar-refractivity contribution in [1.29, 1.82) is 0 Å². The summed E-state index contributed by atoms with van der Waals surface area (Å²) in [6, 6.07) is 11.8. The summed E-state index contributed by atoms with van der Waals surface area (Å²) in [5.41, 5.74) is 2.78. The van der Waals surface area contributed by atoms with Crippen LogP contribution in [0.4, 0.5) is 8.78 Å². The quantitative estimate of drug-likeness (QED) is 0.854. The van der Waals surface area contributed by atoms with E-state index in [2.05, 4.69) is 43.4 Å². The first-order valence-corrected chi connectivity index (χ1v) is 6.79. The van der Waals surface area contributed by atoms with Crippen molar-refractivity contribution in [3.63, 3.8) is 0 Å². The highest BCUT2D eigenvalue weighted by atomic mass is 19.1. The Morgan fingerprint density at radius 3 is 2.30 bits per heavy atom. The number of hydrogen-bond donors (Lipinski definition) is 1. The molecule has 2 rings (SSSR count). The molecule has 1 nitrogen and oxygen atoms in total. The van der Waals surface area contributed by atoms with Crippen LogP contribution in [-0.4, -0.2) is 0 Å². The molecule has 0 aliphatic rings. The molecule has 0 atom stereocenters. The normalized spacial score (nSPS) is 11.1. The van der Waals surface area contributed by atoms with Gasteiger partial charge >= 0.3 is 0 Å². The summed E-state index contributed by atoms with van der Waals surface area (Å²) in [4.78, 5) is 0. The number of halogens is 2. The van der Waals surface area contributed by atoms with Crippen molar-refractivity contribution in [1.82, 2.24) is 5.32 Å². The van der Waals surface area contributed by atoms with Crippen LogP contribution >= 0.6 is 0 Å². The van der Waals surface area contributed by atoms with Gasteiger partial charge in [-0.05, 0) is 35.2 Å². The van der Waals surface area contributed by atoms with Gasteiger partial charge in [0.1, 0.15) is 11.6 Å². The van der Waals surface area contributed by atoms with Gasteiger partial charge in [-0.3, -0.25) is 0 Å². The number of hydrogen-bond acceptors (Lipinski definition) is 1. The SMILES string of the molecule is CC(C)c1ccc(CNCc2cc(F)ccc2F)cc1. The van der Waals surface area contributed by atoms with E-state index >= 15 is 0 Å². The lowest BCUT2D eigenvalue weighted by molar-refractivity contribution is 0.568. The van der Waals surface area contributed by atoms with E-state index in [1.807, 2.05) is 0 Å². The van der Waals surface area contributed by atoms with Crippen LogP contribution in [0.1, 0.15) is 36.5 Å². The Hall–Kier alpha value is -1.74. The Labute approximate surface area is 118 Å². The molecular formula is C17H19F2N. The third-order valence-corrected chi connectivity index (χ3v) is 3.30. The maximum absolute atomic E-state index is 13.4. The topological polar surface area (TPSA) is 12.0 Å². The Morgan fingerprint density at radius 2 is 1.65 bits per heavy atom. The molecular weight excluding hydrogens is 256 g/mol. The zero-order valence-electron chi connectivity index (χ0n) is 11.8. The molecule has 0 amide bonds. The van der Waals surface area contributed by atoms with Gasteiger partial charge < -0.3 is 5.32 Å². The molecule has 2 aromatic rings. The predicted octanol–water partition coefficient (Wildman–Crippen LogP) is 4.38. The summed E-state index contributed by atoms with van der Waals surface area (Å²) >= 11 is 0. The Balaban J connectivity index is 1.91. The van der Waals surface area contributed by atoms with Crippen molar-refractivity contribution in [2.45, 2.75) is 32.9 Å². The van der Waals surface area contributed by atoms with Crippen molar-refractivity contribution in [2.24, 2.45) is 0 Å². The third-order valence-electron chi connectivity index (χ3n) is 3.30. The Morgan fingerprint density at radius 1 is 0.950 bits per heavy atom. The minimum Gasteiger partial charge on any atom is -0.309 e. The summed E-state index contributed by atoms with van der Waals surface area (Å²) < 4.78 is 26.5. The van der Waals surface area contributed by atoms with E-state index in [1.165, 1.54) is 11.6 Å². The first-order chi connectivity index (χ1) is 9.56. The molecule has 0 aliphatic heterocycles. The highest BCUT2D eigenvalue weighted by Gasteiger charge is 2.04. The second kappa shape index (κ2) is 6.62. The minimum absolute atomic E-state index is 0.315. The summed E-state index contributed by atoms with van der Waals surface area (Å²) in [5, 5.41) is 3.13. The fourth-order valence-electron chi connectivity index (χ4n) is 2.04. The molecule has 0 aliphatic carbocycles. The largest absolute Gasteiger partial charge is 0.309 e. The molecule has 2 aromatic carbocycles. The Bertz CT molecular complexity index is 562. The lowest BCUT2D eigenvalue weighted by atomic mass is 10.0. The van der Waals surface area contributed by atoms with E-state index < -0.39 is 5.82 Å². The monoisotopic (exact) mass is 275 g/mol. The van der Waals surface area contributed by atoms with E-state index in [9.17, 15) is 8.78 Å². The predicted molar refractivity (Wildman–Crippen MR) is 77.4 cm³/mol. The second-order valence-corrected chi connectivity index (χ2v) is 5.24. The number of nitrogens with one attached hydrogen (secondary N) is 1. The molecule has 1 N–H and O–H groups in total. The highest BCUT2D eigenvalue weighted by Crippen LogP contribution is 2.15. The summed E-state index contributed by atoms with van der Waals surface area (Å²) in [6.45, 7) is 5.25. The van der Waals surface area contributed by atoms with Crippen LogP contribution in [0, 0.1) is 11.6 Å². The van der Waals surface area contributed by atoms with Crippen molar-refractivity contribution in [3.05, 3.63) is 70.8 Å². The zero-order chi connectivity index (χ0) is 14.5. The lowest BCUT2D eigenvalue weighted by Crippen LogP contribution is -2.14. The molecule has 0 bridgehead atoms. The average Bonchev–Trinajstić information content (AvgIpc) is 2.43. The van der Waals surface area contributed by atoms with Crippen LogP contribution in [0.25, 0.3) is 0 Å². The van der Waals surface area contributed by atoms with Gasteiger partial charge in [0.15, 0.2) is 0 Å². The van der Waals surface area contributed by atoms with Crippen molar-refractivity contribution in [3.8, 4) is 0 Å². The van der Waals surface area contributed by atoms with Gasteiger partial charge in [0, 0.05) is 18.7 Å². The summed E-state index contributed by atoms with van der Waals surface area (Å²) in [6.07, 6.45) is 0. The van der Waals surface area contributed by atoms with E-state index in [0.29, 0.717) is 24.6 Å². The molecule has 0 spiro atoms. The van der Waals surface area contributed by atoms with Crippen LogP contribution in [0.15, 0.2) is 42.5 Å². The molecule has 0 aromatic heterocycles. The standard InChI is InChI=1S/C17H19F2N/c1-12(2)14-5-3-13(4-6-14)10-20-11-15-9-16(18)7-8-17(15)19/h3-9,12,20H,10-11H2,1-2H3. The van der Waals surface area contributed by atoms with Gasteiger partial charge in [0.05, 0.1) is 0 Å². The summed E-state index contributed by atoms with van der Waals surface area (Å²) in [7, 11) is 0. The van der Waals surface area contributed by atoms with Gasteiger partial charge in [-0.15, -0.1) is 0 Å². The van der Waals surface area contributed by atoms with E-state index in [0.717, 1.165) is 17.7 Å². The third kappa shape index (κ3) is 3.87. The van der Waals surface area contributed by atoms with Crippen LogP contribution < -0.4 is 5.32 Å². The molecule has 0 saturated carbocycles. The molecule has 0 heterocycles. The molecule has 106 valence electrons. The van der Waals surface area contributed by atoms with E-state index in [-0.39, 0.29) is 5.82 Å². The first kappa shape index (κ1) is 14.7. The summed E-state index contributed by atoms with van der Waals surface area (Å²) in [5.74, 6) is -0.281. The molecule has 0 unspecified atom stereocenters. The van der Waals surface area contributed by atoms with Gasteiger partial charge in [-0.25, -0.2) is 8.78 Å². The van der Waals surface area contributed by atoms with E-state index in [4.69, 9.17) is 0 Å². The van der Waals surface area contributed by atoms with Crippen LogP contribution in [0.5, 0.6) is 0 Å². The van der Waals surface area contributed by atoms with Gasteiger partial charge in [-0.2, -0.15) is 0 Å². The van der Waals surface area contributed by atoms with Gasteiger partial charge in [-0.1, -0.05) is 38.1 Å². The maximum Gasteiger partial charge on any atom is 0.127 e. The van der Waals surface area contributed by atoms with Crippen LogP contribution in [0.2, 0.25) is 0 Å². The van der Waals surface area contributed by atoms with Crippen molar-refractivity contribution in [2.75, 3.05) is 0 Å². The Kier molecular flexibility index (Phi) is 4.85. The maximum atomic E-state index is 13.4. The molecule has 0 fully saturated rings. The lowest BCUT2D eigenvalue weighted by Gasteiger charge is -2.09. The van der Waals surface area contributed by atoms with E-state index in [1.54, 1.807) is 0 Å². The molecule has 3 heteroatoms. The molecule has 0 saturated heterocycles. The van der Waals surface area contributed by atoms with Crippen molar-refractivity contribution < 1.29 is 8.78 Å². The number of benzene rings is 2. The first-order valence-electron chi connectivity index (χ1n) is 6.79.